The van der Waals surface area contributed by atoms with Crippen LogP contribution in [0.1, 0.15) is 47.2 Å². The van der Waals surface area contributed by atoms with Gasteiger partial charge >= 0.3 is 0 Å². The van der Waals surface area contributed by atoms with Gasteiger partial charge in [0, 0.05) is 31.1 Å². The SMILES string of the molecule is O=C(c1ccsc1)N(CC1CCN(C2Cc3ccccc3C2)CC1)CC1CCCO1. The minimum atomic E-state index is 0.181. The third kappa shape index (κ3) is 4.48. The van der Waals surface area contributed by atoms with E-state index in [-0.39, 0.29) is 12.0 Å². The number of carbonyl (C=O) groups excluding carboxylic acids is 1. The molecule has 1 aromatic carbocycles. The summed E-state index contributed by atoms with van der Waals surface area (Å²) < 4.78 is 5.86. The maximum atomic E-state index is 13.1. The number of likely N-dealkylation sites (tertiary alicyclic amines) is 1. The average molecular weight is 425 g/mol. The van der Waals surface area contributed by atoms with Crippen LogP contribution in [0.15, 0.2) is 41.1 Å². The van der Waals surface area contributed by atoms with Crippen LogP contribution in [0.4, 0.5) is 0 Å². The summed E-state index contributed by atoms with van der Waals surface area (Å²) in [5.74, 6) is 0.773. The number of hydrogen-bond donors (Lipinski definition) is 0. The van der Waals surface area contributed by atoms with Crippen LogP contribution in [0.3, 0.4) is 0 Å². The zero-order valence-corrected chi connectivity index (χ0v) is 18.5. The van der Waals surface area contributed by atoms with Crippen molar-refractivity contribution in [2.45, 2.75) is 50.7 Å². The van der Waals surface area contributed by atoms with E-state index < -0.39 is 0 Å². The van der Waals surface area contributed by atoms with E-state index in [4.69, 9.17) is 4.74 Å². The first-order valence-corrected chi connectivity index (χ1v) is 12.4. The molecule has 0 spiro atoms. The van der Waals surface area contributed by atoms with E-state index in [1.54, 1.807) is 11.3 Å². The molecule has 0 saturated carbocycles. The standard InChI is InChI=1S/C25H32N2O2S/c28-25(22-9-13-30-18-22)27(17-24-6-3-12-29-24)16-19-7-10-26(11-8-19)23-14-20-4-1-2-5-21(20)15-23/h1-2,4-5,9,13,18-19,23-24H,3,6-8,10-12,14-17H2. The van der Waals surface area contributed by atoms with Gasteiger partial charge in [-0.1, -0.05) is 24.3 Å². The Morgan fingerprint density at radius 3 is 2.47 bits per heavy atom. The molecule has 30 heavy (non-hydrogen) atoms. The van der Waals surface area contributed by atoms with Crippen molar-refractivity contribution >= 4 is 17.2 Å². The predicted octanol–water partition coefficient (Wildman–Crippen LogP) is 4.25. The fraction of sp³-hybridized carbons (Fsp3) is 0.560. The molecule has 0 N–H and O–H groups in total. The molecule has 2 saturated heterocycles. The van der Waals surface area contributed by atoms with Crippen molar-refractivity contribution in [2.24, 2.45) is 5.92 Å². The molecule has 3 heterocycles. The molecule has 3 aliphatic rings. The molecule has 1 aliphatic carbocycles. The third-order valence-corrected chi connectivity index (χ3v) is 7.86. The molecule has 0 radical (unpaired) electrons. The van der Waals surface area contributed by atoms with Gasteiger partial charge in [0.1, 0.15) is 0 Å². The van der Waals surface area contributed by atoms with Crippen molar-refractivity contribution in [3.05, 3.63) is 57.8 Å². The molecule has 4 nitrogen and oxygen atoms in total. The van der Waals surface area contributed by atoms with Crippen LogP contribution in [-0.4, -0.2) is 60.6 Å². The van der Waals surface area contributed by atoms with Gasteiger partial charge in [0.05, 0.1) is 11.7 Å². The first-order chi connectivity index (χ1) is 14.8. The van der Waals surface area contributed by atoms with E-state index in [1.807, 2.05) is 16.8 Å². The van der Waals surface area contributed by atoms with Crippen LogP contribution in [0, 0.1) is 5.92 Å². The maximum Gasteiger partial charge on any atom is 0.254 e. The summed E-state index contributed by atoms with van der Waals surface area (Å²) in [7, 11) is 0. The van der Waals surface area contributed by atoms with E-state index in [2.05, 4.69) is 34.1 Å². The molecule has 2 aromatic rings. The van der Waals surface area contributed by atoms with Crippen molar-refractivity contribution in [2.75, 3.05) is 32.8 Å². The lowest BCUT2D eigenvalue weighted by molar-refractivity contribution is 0.0430. The lowest BCUT2D eigenvalue weighted by atomic mass is 9.94. The fourth-order valence-corrected chi connectivity index (χ4v) is 6.08. The zero-order chi connectivity index (χ0) is 20.3. The van der Waals surface area contributed by atoms with Gasteiger partial charge < -0.3 is 9.64 Å². The Kier molecular flexibility index (Phi) is 6.21. The number of thiophene rings is 1. The third-order valence-electron chi connectivity index (χ3n) is 7.18. The molecule has 160 valence electrons. The van der Waals surface area contributed by atoms with Crippen LogP contribution in [0.2, 0.25) is 0 Å². The largest absolute Gasteiger partial charge is 0.376 e. The van der Waals surface area contributed by atoms with E-state index >= 15 is 0 Å². The summed E-state index contributed by atoms with van der Waals surface area (Å²) in [6.45, 7) is 4.76. The zero-order valence-electron chi connectivity index (χ0n) is 17.7. The van der Waals surface area contributed by atoms with E-state index in [0.29, 0.717) is 12.0 Å². The molecule has 1 aromatic heterocycles. The van der Waals surface area contributed by atoms with Crippen molar-refractivity contribution < 1.29 is 9.53 Å². The Morgan fingerprint density at radius 1 is 1.07 bits per heavy atom. The number of benzene rings is 1. The van der Waals surface area contributed by atoms with Crippen LogP contribution >= 0.6 is 11.3 Å². The number of amides is 1. The molecule has 2 aliphatic heterocycles. The van der Waals surface area contributed by atoms with Crippen LogP contribution in [-0.2, 0) is 17.6 Å². The Morgan fingerprint density at radius 2 is 1.83 bits per heavy atom. The highest BCUT2D eigenvalue weighted by atomic mass is 32.1. The highest BCUT2D eigenvalue weighted by Crippen LogP contribution is 2.29. The summed E-state index contributed by atoms with van der Waals surface area (Å²) in [6.07, 6.45) is 7.18. The molecule has 5 rings (SSSR count). The second-order valence-corrected chi connectivity index (χ2v) is 9.95. The summed E-state index contributed by atoms with van der Waals surface area (Å²) >= 11 is 1.60. The van der Waals surface area contributed by atoms with Crippen molar-refractivity contribution in [1.82, 2.24) is 9.80 Å². The van der Waals surface area contributed by atoms with Crippen LogP contribution in [0.25, 0.3) is 0 Å². The Bertz CT molecular complexity index is 814. The summed E-state index contributed by atoms with van der Waals surface area (Å²) in [5, 5.41) is 3.97. The van der Waals surface area contributed by atoms with Gasteiger partial charge in [0.15, 0.2) is 0 Å². The number of nitrogens with zero attached hydrogens (tertiary/aromatic N) is 2. The minimum absolute atomic E-state index is 0.181. The number of carbonyl (C=O) groups is 1. The predicted molar refractivity (Wildman–Crippen MR) is 121 cm³/mol. The van der Waals surface area contributed by atoms with Gasteiger partial charge in [-0.05, 0) is 80.1 Å². The van der Waals surface area contributed by atoms with E-state index in [9.17, 15) is 4.79 Å². The molecule has 2 fully saturated rings. The first-order valence-electron chi connectivity index (χ1n) is 11.5. The minimum Gasteiger partial charge on any atom is -0.376 e. The van der Waals surface area contributed by atoms with Crippen LogP contribution in [0.5, 0.6) is 0 Å². The monoisotopic (exact) mass is 424 g/mol. The number of rotatable bonds is 6. The van der Waals surface area contributed by atoms with Gasteiger partial charge in [-0.15, -0.1) is 0 Å². The Hall–Kier alpha value is -1.69. The lowest BCUT2D eigenvalue weighted by Gasteiger charge is -2.38. The van der Waals surface area contributed by atoms with E-state index in [1.165, 1.54) is 36.8 Å². The number of piperidine rings is 1. The van der Waals surface area contributed by atoms with Gasteiger partial charge in [0.2, 0.25) is 0 Å². The van der Waals surface area contributed by atoms with Gasteiger partial charge in [-0.2, -0.15) is 11.3 Å². The highest BCUT2D eigenvalue weighted by molar-refractivity contribution is 7.08. The van der Waals surface area contributed by atoms with Gasteiger partial charge in [-0.3, -0.25) is 9.69 Å². The van der Waals surface area contributed by atoms with Crippen molar-refractivity contribution in [3.63, 3.8) is 0 Å². The average Bonchev–Trinajstić information content (AvgIpc) is 3.54. The maximum absolute atomic E-state index is 13.1. The number of ether oxygens (including phenoxy) is 1. The summed E-state index contributed by atoms with van der Waals surface area (Å²) in [4.78, 5) is 17.9. The number of fused-ring (bicyclic) bond motifs is 1. The van der Waals surface area contributed by atoms with E-state index in [0.717, 1.165) is 51.2 Å². The number of hydrogen-bond acceptors (Lipinski definition) is 4. The molecule has 5 heteroatoms. The molecular formula is C25H32N2O2S. The van der Waals surface area contributed by atoms with Crippen molar-refractivity contribution in [1.29, 1.82) is 0 Å². The smallest absolute Gasteiger partial charge is 0.254 e. The first kappa shape index (κ1) is 20.2. The summed E-state index contributed by atoms with van der Waals surface area (Å²) in [5.41, 5.74) is 3.90. The topological polar surface area (TPSA) is 32.8 Å². The molecule has 1 atom stereocenters. The Balaban J connectivity index is 1.17. The van der Waals surface area contributed by atoms with Gasteiger partial charge in [0.25, 0.3) is 5.91 Å². The summed E-state index contributed by atoms with van der Waals surface area (Å²) in [6, 6.07) is 11.5. The molecule has 1 unspecified atom stereocenters. The molecule has 1 amide bonds. The second kappa shape index (κ2) is 9.21. The second-order valence-electron chi connectivity index (χ2n) is 9.17. The molecular weight excluding hydrogens is 392 g/mol. The normalized spacial score (nSPS) is 23.0. The Labute approximate surface area is 183 Å². The van der Waals surface area contributed by atoms with Gasteiger partial charge in [-0.25, -0.2) is 0 Å². The van der Waals surface area contributed by atoms with Crippen LogP contribution < -0.4 is 0 Å². The molecule has 0 bridgehead atoms. The fourth-order valence-electron chi connectivity index (χ4n) is 5.45. The lowest BCUT2D eigenvalue weighted by Crippen LogP contribution is -2.46. The highest BCUT2D eigenvalue weighted by Gasteiger charge is 2.32. The quantitative estimate of drug-likeness (QED) is 0.695. The van der Waals surface area contributed by atoms with Crippen molar-refractivity contribution in [3.8, 4) is 0 Å².